The summed E-state index contributed by atoms with van der Waals surface area (Å²) in [7, 11) is 0. The van der Waals surface area contributed by atoms with Crippen LogP contribution in [0, 0.1) is 11.8 Å². The van der Waals surface area contributed by atoms with Crippen LogP contribution in [-0.4, -0.2) is 22.3 Å². The summed E-state index contributed by atoms with van der Waals surface area (Å²) < 4.78 is 5.92. The van der Waals surface area contributed by atoms with Crippen LogP contribution in [0.2, 0.25) is 0 Å². The number of hydrogen-bond acceptors (Lipinski definition) is 5. The highest BCUT2D eigenvalue weighted by Crippen LogP contribution is 2.31. The van der Waals surface area contributed by atoms with E-state index in [2.05, 4.69) is 17.3 Å². The zero-order valence-electron chi connectivity index (χ0n) is 17.9. The number of rotatable bonds is 5. The zero-order valence-corrected chi connectivity index (χ0v) is 17.9. The van der Waals surface area contributed by atoms with Crippen molar-refractivity contribution >= 4 is 11.7 Å². The Balaban J connectivity index is 1.49. The Morgan fingerprint density at radius 3 is 2.64 bits per heavy atom. The molecule has 2 atom stereocenters. The van der Waals surface area contributed by atoms with Crippen molar-refractivity contribution in [3.8, 4) is 23.3 Å². The minimum atomic E-state index is -0.952. The lowest BCUT2D eigenvalue weighted by molar-refractivity contribution is -0.0536. The molecule has 166 valence electrons. The fourth-order valence-corrected chi connectivity index (χ4v) is 3.25. The Bertz CT molecular complexity index is 1230. The number of primary amides is 1. The second kappa shape index (κ2) is 9.92. The van der Waals surface area contributed by atoms with E-state index < -0.39 is 12.1 Å². The van der Waals surface area contributed by atoms with Gasteiger partial charge in [0.05, 0.1) is 5.70 Å². The van der Waals surface area contributed by atoms with Gasteiger partial charge in [0.15, 0.2) is 0 Å². The van der Waals surface area contributed by atoms with Gasteiger partial charge < -0.3 is 10.5 Å². The number of nitrogens with two attached hydrogens (primary N) is 1. The molecule has 33 heavy (non-hydrogen) atoms. The van der Waals surface area contributed by atoms with Crippen molar-refractivity contribution in [1.29, 1.82) is 0 Å². The highest BCUT2D eigenvalue weighted by atomic mass is 16.7. The maximum atomic E-state index is 11.0. The topological polar surface area (TPSA) is 97.0 Å². The number of benzene rings is 3. The Hall–Kier alpha value is -4.25. The summed E-state index contributed by atoms with van der Waals surface area (Å²) in [5, 5.41) is 9.95. The molecule has 0 aromatic heterocycles. The first-order chi connectivity index (χ1) is 16.0. The smallest absolute Gasteiger partial charge is 0.339 e. The van der Waals surface area contributed by atoms with E-state index in [4.69, 9.17) is 15.3 Å². The highest BCUT2D eigenvalue weighted by Gasteiger charge is 2.20. The van der Waals surface area contributed by atoms with Crippen LogP contribution in [-0.2, 0) is 4.84 Å². The molecule has 0 bridgehead atoms. The molecule has 3 aromatic rings. The first-order valence-corrected chi connectivity index (χ1v) is 10.4. The average Bonchev–Trinajstić information content (AvgIpc) is 3.33. The van der Waals surface area contributed by atoms with Gasteiger partial charge in [-0.3, -0.25) is 15.5 Å². The SMILES string of the molecule is CC(C#Cc1cccc(C2C=C(c3cccc(Oc4ccccc4)c3)NO2)c1)N(O)C(N)=O. The van der Waals surface area contributed by atoms with E-state index in [1.807, 2.05) is 84.9 Å². The van der Waals surface area contributed by atoms with Crippen molar-refractivity contribution in [3.05, 3.63) is 102 Å². The van der Waals surface area contributed by atoms with E-state index >= 15 is 0 Å². The lowest BCUT2D eigenvalue weighted by Gasteiger charge is -2.14. The number of amides is 2. The van der Waals surface area contributed by atoms with Gasteiger partial charge in [0.1, 0.15) is 23.6 Å². The summed E-state index contributed by atoms with van der Waals surface area (Å²) in [5.41, 5.74) is 11.4. The van der Waals surface area contributed by atoms with Crippen LogP contribution < -0.4 is 16.0 Å². The molecule has 1 heterocycles. The van der Waals surface area contributed by atoms with Crippen molar-refractivity contribution in [2.45, 2.75) is 19.1 Å². The number of nitrogens with zero attached hydrogens (tertiary/aromatic N) is 1. The lowest BCUT2D eigenvalue weighted by atomic mass is 10.0. The van der Waals surface area contributed by atoms with E-state index in [0.29, 0.717) is 5.06 Å². The molecule has 4 N–H and O–H groups in total. The molecule has 0 spiro atoms. The number of para-hydroxylation sites is 1. The van der Waals surface area contributed by atoms with E-state index in [-0.39, 0.29) is 6.10 Å². The van der Waals surface area contributed by atoms with Crippen molar-refractivity contribution < 1.29 is 19.6 Å². The van der Waals surface area contributed by atoms with Gasteiger partial charge in [-0.1, -0.05) is 54.3 Å². The number of nitrogens with one attached hydrogen (secondary N) is 1. The number of urea groups is 1. The van der Waals surface area contributed by atoms with E-state index in [1.54, 1.807) is 6.92 Å². The number of ether oxygens (including phenoxy) is 1. The van der Waals surface area contributed by atoms with Gasteiger partial charge >= 0.3 is 6.03 Å². The number of hydrogen-bond donors (Lipinski definition) is 3. The lowest BCUT2D eigenvalue weighted by Crippen LogP contribution is -2.38. The molecule has 1 aliphatic heterocycles. The van der Waals surface area contributed by atoms with Gasteiger partial charge in [0, 0.05) is 11.1 Å². The monoisotopic (exact) mass is 441 g/mol. The third kappa shape index (κ3) is 5.52. The van der Waals surface area contributed by atoms with Crippen molar-refractivity contribution in [2.75, 3.05) is 0 Å². The van der Waals surface area contributed by atoms with Gasteiger partial charge in [-0.25, -0.2) is 4.79 Å². The molecule has 0 saturated carbocycles. The average molecular weight is 441 g/mol. The number of carbonyl (C=O) groups excluding carboxylic acids is 1. The Morgan fingerprint density at radius 2 is 1.85 bits per heavy atom. The third-order valence-corrected chi connectivity index (χ3v) is 4.97. The molecule has 2 amide bonds. The summed E-state index contributed by atoms with van der Waals surface area (Å²) in [5.74, 6) is 7.24. The maximum Gasteiger partial charge on any atom is 0.339 e. The molecule has 0 aliphatic carbocycles. The Morgan fingerprint density at radius 1 is 1.09 bits per heavy atom. The van der Waals surface area contributed by atoms with Crippen LogP contribution in [0.3, 0.4) is 0 Å². The fraction of sp³-hybridized carbons (Fsp3) is 0.115. The van der Waals surface area contributed by atoms with E-state index in [0.717, 1.165) is 33.9 Å². The summed E-state index contributed by atoms with van der Waals surface area (Å²) >= 11 is 0. The van der Waals surface area contributed by atoms with Crippen molar-refractivity contribution in [3.63, 3.8) is 0 Å². The fourth-order valence-electron chi connectivity index (χ4n) is 3.25. The van der Waals surface area contributed by atoms with Gasteiger partial charge in [-0.2, -0.15) is 5.06 Å². The summed E-state index contributed by atoms with van der Waals surface area (Å²) in [4.78, 5) is 16.8. The van der Waals surface area contributed by atoms with Crippen molar-refractivity contribution in [1.82, 2.24) is 10.5 Å². The van der Waals surface area contributed by atoms with Gasteiger partial charge in [-0.05, 0) is 55.0 Å². The molecular weight excluding hydrogens is 418 g/mol. The van der Waals surface area contributed by atoms with Crippen LogP contribution >= 0.6 is 0 Å². The van der Waals surface area contributed by atoms with Crippen LogP contribution in [0.25, 0.3) is 5.70 Å². The number of hydroxylamine groups is 3. The molecule has 2 unspecified atom stereocenters. The first kappa shape index (κ1) is 22.0. The molecule has 4 rings (SSSR count). The van der Waals surface area contributed by atoms with Crippen LogP contribution in [0.15, 0.2) is 84.9 Å². The normalized spacial score (nSPS) is 15.5. The minimum Gasteiger partial charge on any atom is -0.457 e. The van der Waals surface area contributed by atoms with E-state index in [1.165, 1.54) is 0 Å². The Labute approximate surface area is 192 Å². The summed E-state index contributed by atoms with van der Waals surface area (Å²) in [6.45, 7) is 1.58. The minimum absolute atomic E-state index is 0.308. The van der Waals surface area contributed by atoms with E-state index in [9.17, 15) is 10.0 Å². The van der Waals surface area contributed by atoms with Gasteiger partial charge in [-0.15, -0.1) is 0 Å². The zero-order chi connectivity index (χ0) is 23.2. The molecule has 3 aromatic carbocycles. The highest BCUT2D eigenvalue weighted by molar-refractivity contribution is 5.71. The second-order valence-electron chi connectivity index (χ2n) is 7.42. The summed E-state index contributed by atoms with van der Waals surface area (Å²) in [6, 6.07) is 23.2. The quantitative estimate of drug-likeness (QED) is 0.305. The van der Waals surface area contributed by atoms with Crippen LogP contribution in [0.5, 0.6) is 11.5 Å². The molecule has 0 fully saturated rings. The molecule has 7 heteroatoms. The van der Waals surface area contributed by atoms with Gasteiger partial charge in [0.25, 0.3) is 0 Å². The molecular formula is C26H23N3O4. The first-order valence-electron chi connectivity index (χ1n) is 10.4. The van der Waals surface area contributed by atoms with Crippen molar-refractivity contribution in [2.24, 2.45) is 5.73 Å². The maximum absolute atomic E-state index is 11.0. The largest absolute Gasteiger partial charge is 0.457 e. The molecule has 1 aliphatic rings. The molecule has 0 radical (unpaired) electrons. The van der Waals surface area contributed by atoms with Crippen LogP contribution in [0.1, 0.15) is 29.7 Å². The van der Waals surface area contributed by atoms with Crippen LogP contribution in [0.4, 0.5) is 4.79 Å². The summed E-state index contributed by atoms with van der Waals surface area (Å²) in [6.07, 6.45) is 1.68. The second-order valence-corrected chi connectivity index (χ2v) is 7.42. The molecule has 0 saturated heterocycles. The Kier molecular flexibility index (Phi) is 6.60. The van der Waals surface area contributed by atoms with Gasteiger partial charge in [0.2, 0.25) is 0 Å². The predicted octanol–water partition coefficient (Wildman–Crippen LogP) is 4.61. The third-order valence-electron chi connectivity index (χ3n) is 4.97. The predicted molar refractivity (Wildman–Crippen MR) is 124 cm³/mol. The molecule has 7 nitrogen and oxygen atoms in total. The number of carbonyl (C=O) groups is 1. The standard InChI is InChI=1S/C26H23N3O4/c1-18(29(31)26(27)30)13-14-19-7-5-9-21(15-19)25-17-24(28-33-25)20-8-6-12-23(16-20)32-22-10-3-2-4-11-22/h2-12,15-18,25,28,31H,1H3,(H2,27,30).